The average molecular weight is 388 g/mol. The third-order valence-electron chi connectivity index (χ3n) is 3.58. The summed E-state index contributed by atoms with van der Waals surface area (Å²) in [6.45, 7) is -0.255. The molecule has 0 unspecified atom stereocenters. The first-order chi connectivity index (χ1) is 13.4. The van der Waals surface area contributed by atoms with Gasteiger partial charge < -0.3 is 15.4 Å². The maximum atomic E-state index is 13.5. The highest BCUT2D eigenvalue weighted by molar-refractivity contribution is 6.02. The normalized spacial score (nSPS) is 10.3. The zero-order valence-corrected chi connectivity index (χ0v) is 15.5. The molecule has 9 heteroatoms. The number of amides is 4. The van der Waals surface area contributed by atoms with Crippen LogP contribution in [-0.2, 0) is 9.59 Å². The van der Waals surface area contributed by atoms with E-state index in [2.05, 4.69) is 16.0 Å². The van der Waals surface area contributed by atoms with E-state index in [4.69, 9.17) is 4.74 Å². The number of rotatable bonds is 7. The predicted octanol–water partition coefficient (Wildman–Crippen LogP) is 2.05. The van der Waals surface area contributed by atoms with Crippen LogP contribution in [0.4, 0.5) is 20.6 Å². The highest BCUT2D eigenvalue weighted by Crippen LogP contribution is 2.15. The molecule has 0 saturated heterocycles. The molecule has 2 rings (SSSR count). The maximum absolute atomic E-state index is 13.5. The fraction of sp³-hybridized carbons (Fsp3) is 0.211. The van der Waals surface area contributed by atoms with Crippen molar-refractivity contribution in [3.8, 4) is 5.75 Å². The average Bonchev–Trinajstić information content (AvgIpc) is 2.63. The molecule has 28 heavy (non-hydrogen) atoms. The molecule has 0 bridgehead atoms. The summed E-state index contributed by atoms with van der Waals surface area (Å²) >= 11 is 0. The van der Waals surface area contributed by atoms with Gasteiger partial charge in [-0.1, -0.05) is 12.1 Å². The molecule has 2 aromatic carbocycles. The monoisotopic (exact) mass is 388 g/mol. The van der Waals surface area contributed by atoms with Gasteiger partial charge in [-0.3, -0.25) is 19.8 Å². The number of likely N-dealkylation sites (N-methyl/N-ethyl adjacent to an activating group) is 1. The predicted molar refractivity (Wildman–Crippen MR) is 103 cm³/mol. The number of nitrogens with zero attached hydrogens (tertiary/aromatic N) is 1. The lowest BCUT2D eigenvalue weighted by atomic mass is 10.3. The van der Waals surface area contributed by atoms with E-state index in [-0.39, 0.29) is 24.7 Å². The van der Waals surface area contributed by atoms with E-state index in [0.717, 1.165) is 0 Å². The number of benzene rings is 2. The molecule has 4 amide bonds. The van der Waals surface area contributed by atoms with Crippen molar-refractivity contribution in [3.05, 3.63) is 54.3 Å². The first-order valence-electron chi connectivity index (χ1n) is 8.35. The van der Waals surface area contributed by atoms with E-state index in [1.807, 2.05) is 0 Å². The molecule has 2 aromatic rings. The molecule has 0 radical (unpaired) electrons. The molecule has 0 aliphatic carbocycles. The Hall–Kier alpha value is -3.46. The molecule has 3 N–H and O–H groups in total. The van der Waals surface area contributed by atoms with Crippen molar-refractivity contribution < 1.29 is 23.5 Å². The summed E-state index contributed by atoms with van der Waals surface area (Å²) in [6, 6.07) is 11.5. The van der Waals surface area contributed by atoms with Crippen molar-refractivity contribution in [2.75, 3.05) is 37.9 Å². The summed E-state index contributed by atoms with van der Waals surface area (Å²) in [5.41, 5.74) is 0.549. The Balaban J connectivity index is 1.75. The van der Waals surface area contributed by atoms with Gasteiger partial charge >= 0.3 is 6.03 Å². The van der Waals surface area contributed by atoms with Crippen molar-refractivity contribution in [2.24, 2.45) is 0 Å². The van der Waals surface area contributed by atoms with Crippen LogP contribution >= 0.6 is 0 Å². The number of methoxy groups -OCH3 is 1. The third-order valence-corrected chi connectivity index (χ3v) is 3.58. The molecular formula is C19H21FN4O4. The van der Waals surface area contributed by atoms with Crippen LogP contribution in [0.3, 0.4) is 0 Å². The SMILES string of the molecule is COc1ccc(NC(=O)CN(C)CC(=O)NC(=O)Nc2ccccc2F)cc1. The lowest BCUT2D eigenvalue weighted by Gasteiger charge is -2.16. The van der Waals surface area contributed by atoms with Crippen LogP contribution in [-0.4, -0.2) is 50.0 Å². The second-order valence-corrected chi connectivity index (χ2v) is 5.93. The molecule has 0 heterocycles. The van der Waals surface area contributed by atoms with E-state index in [0.29, 0.717) is 11.4 Å². The summed E-state index contributed by atoms with van der Waals surface area (Å²) in [5, 5.41) is 7.01. The first kappa shape index (κ1) is 20.8. The van der Waals surface area contributed by atoms with Crippen LogP contribution in [0.25, 0.3) is 0 Å². The van der Waals surface area contributed by atoms with Crippen molar-refractivity contribution in [2.45, 2.75) is 0 Å². The number of urea groups is 1. The Kier molecular flexibility index (Phi) is 7.46. The molecule has 0 aromatic heterocycles. The van der Waals surface area contributed by atoms with Gasteiger partial charge in [-0.15, -0.1) is 0 Å². The number of carbonyl (C=O) groups excluding carboxylic acids is 3. The number of hydrogen-bond donors (Lipinski definition) is 3. The van der Waals surface area contributed by atoms with Gasteiger partial charge in [0.1, 0.15) is 11.6 Å². The first-order valence-corrected chi connectivity index (χ1v) is 8.35. The highest BCUT2D eigenvalue weighted by Gasteiger charge is 2.14. The zero-order chi connectivity index (χ0) is 20.5. The van der Waals surface area contributed by atoms with Gasteiger partial charge in [0.25, 0.3) is 0 Å². The van der Waals surface area contributed by atoms with E-state index in [1.54, 1.807) is 44.5 Å². The largest absolute Gasteiger partial charge is 0.497 e. The minimum atomic E-state index is -0.855. The van der Waals surface area contributed by atoms with Crippen LogP contribution < -0.4 is 20.7 Å². The summed E-state index contributed by atoms with van der Waals surface area (Å²) < 4.78 is 18.5. The number of para-hydroxylation sites is 1. The second kappa shape index (κ2) is 10.0. The molecule has 0 aliphatic heterocycles. The Morgan fingerprint density at radius 3 is 2.25 bits per heavy atom. The van der Waals surface area contributed by atoms with E-state index >= 15 is 0 Å². The molecule has 8 nitrogen and oxygen atoms in total. The van der Waals surface area contributed by atoms with Crippen LogP contribution in [0.2, 0.25) is 0 Å². The lowest BCUT2D eigenvalue weighted by molar-refractivity contribution is -0.122. The number of nitrogens with one attached hydrogen (secondary N) is 3. The summed E-state index contributed by atoms with van der Waals surface area (Å²) in [7, 11) is 3.10. The molecule has 0 fully saturated rings. The van der Waals surface area contributed by atoms with Gasteiger partial charge in [0.05, 0.1) is 25.9 Å². The molecule has 148 valence electrons. The van der Waals surface area contributed by atoms with Crippen molar-refractivity contribution >= 4 is 29.2 Å². The highest BCUT2D eigenvalue weighted by atomic mass is 19.1. The topological polar surface area (TPSA) is 99.8 Å². The van der Waals surface area contributed by atoms with Crippen molar-refractivity contribution in [3.63, 3.8) is 0 Å². The van der Waals surface area contributed by atoms with Crippen LogP contribution in [0.1, 0.15) is 0 Å². The Bertz CT molecular complexity index is 842. The lowest BCUT2D eigenvalue weighted by Crippen LogP contribution is -2.42. The van der Waals surface area contributed by atoms with E-state index < -0.39 is 17.8 Å². The van der Waals surface area contributed by atoms with Gasteiger partial charge in [0.2, 0.25) is 11.8 Å². The van der Waals surface area contributed by atoms with Crippen molar-refractivity contribution in [1.82, 2.24) is 10.2 Å². The van der Waals surface area contributed by atoms with Gasteiger partial charge in [0, 0.05) is 5.69 Å². The molecule has 0 aliphatic rings. The molecule has 0 spiro atoms. The number of imide groups is 1. The minimum Gasteiger partial charge on any atom is -0.497 e. The van der Waals surface area contributed by atoms with E-state index in [9.17, 15) is 18.8 Å². The molecule has 0 saturated carbocycles. The van der Waals surface area contributed by atoms with Gasteiger partial charge in [-0.25, -0.2) is 9.18 Å². The number of carbonyl (C=O) groups is 3. The standard InChI is InChI=1S/C19H21FN4O4/c1-24(11-17(25)21-13-7-9-14(28-2)10-8-13)12-18(26)23-19(27)22-16-6-4-3-5-15(16)20/h3-10H,11-12H2,1-2H3,(H,21,25)(H2,22,23,26,27). The quantitative estimate of drug-likeness (QED) is 0.674. The van der Waals surface area contributed by atoms with Crippen molar-refractivity contribution in [1.29, 1.82) is 0 Å². The van der Waals surface area contributed by atoms with Crippen LogP contribution in [0, 0.1) is 5.82 Å². The van der Waals surface area contributed by atoms with Gasteiger partial charge in [-0.05, 0) is 43.4 Å². The molecular weight excluding hydrogens is 367 g/mol. The molecule has 0 atom stereocenters. The number of anilines is 2. The maximum Gasteiger partial charge on any atom is 0.326 e. The Labute approximate surface area is 161 Å². The number of hydrogen-bond acceptors (Lipinski definition) is 5. The van der Waals surface area contributed by atoms with Gasteiger partial charge in [-0.2, -0.15) is 0 Å². The fourth-order valence-electron chi connectivity index (χ4n) is 2.30. The Morgan fingerprint density at radius 2 is 1.61 bits per heavy atom. The van der Waals surface area contributed by atoms with E-state index in [1.165, 1.54) is 23.1 Å². The number of halogens is 1. The summed E-state index contributed by atoms with van der Waals surface area (Å²) in [4.78, 5) is 37.1. The Morgan fingerprint density at radius 1 is 0.964 bits per heavy atom. The van der Waals surface area contributed by atoms with Crippen LogP contribution in [0.5, 0.6) is 5.75 Å². The minimum absolute atomic E-state index is 0.0416. The second-order valence-electron chi connectivity index (χ2n) is 5.93. The smallest absolute Gasteiger partial charge is 0.326 e. The third kappa shape index (κ3) is 6.69. The summed E-state index contributed by atoms with van der Waals surface area (Å²) in [6.07, 6.45) is 0. The van der Waals surface area contributed by atoms with Gasteiger partial charge in [0.15, 0.2) is 0 Å². The number of ether oxygens (including phenoxy) is 1. The summed E-state index contributed by atoms with van der Waals surface area (Å²) in [5.74, 6) is -0.900. The fourth-order valence-corrected chi connectivity index (χ4v) is 2.30. The van der Waals surface area contributed by atoms with Crippen LogP contribution in [0.15, 0.2) is 48.5 Å². The zero-order valence-electron chi connectivity index (χ0n) is 15.5.